The molecule has 0 N–H and O–H groups in total. The number of halogens is 1. The number of carbonyl (C=O) groups excluding carboxylic acids is 1. The second kappa shape index (κ2) is 8.81. The third-order valence-electron chi connectivity index (χ3n) is 4.61. The Morgan fingerprint density at radius 1 is 1.23 bits per heavy atom. The molecule has 0 unspecified atom stereocenters. The molecule has 3 rings (SSSR count). The minimum absolute atomic E-state index is 0.0914. The van der Waals surface area contributed by atoms with Crippen molar-refractivity contribution >= 4 is 5.91 Å². The number of aryl methyl sites for hydroxylation is 1. The van der Waals surface area contributed by atoms with Crippen LogP contribution in [0.2, 0.25) is 0 Å². The molecule has 0 spiro atoms. The van der Waals surface area contributed by atoms with Crippen LogP contribution in [0.1, 0.15) is 17.5 Å². The molecule has 26 heavy (non-hydrogen) atoms. The third-order valence-corrected chi connectivity index (χ3v) is 4.61. The topological polar surface area (TPSA) is 38.8 Å². The van der Waals surface area contributed by atoms with Crippen LogP contribution >= 0.6 is 0 Å². The molecule has 1 aliphatic rings. The van der Waals surface area contributed by atoms with E-state index in [1.54, 1.807) is 13.2 Å². The van der Waals surface area contributed by atoms with Crippen molar-refractivity contribution in [2.45, 2.75) is 25.4 Å². The lowest BCUT2D eigenvalue weighted by atomic mass is 10.1. The van der Waals surface area contributed by atoms with E-state index in [1.807, 2.05) is 35.2 Å². The van der Waals surface area contributed by atoms with Crippen LogP contribution in [0.3, 0.4) is 0 Å². The van der Waals surface area contributed by atoms with Crippen LogP contribution in [0.5, 0.6) is 5.75 Å². The molecule has 2 aromatic rings. The lowest BCUT2D eigenvalue weighted by Gasteiger charge is -2.33. The SMILES string of the molecule is COc1cccc(CCC(=O)N2CCO[C@H](Cc3cccc(F)c3)C2)c1. The van der Waals surface area contributed by atoms with E-state index in [4.69, 9.17) is 9.47 Å². The molecule has 1 heterocycles. The second-order valence-corrected chi connectivity index (χ2v) is 6.52. The van der Waals surface area contributed by atoms with E-state index in [9.17, 15) is 9.18 Å². The average Bonchev–Trinajstić information content (AvgIpc) is 2.66. The molecule has 1 atom stereocenters. The highest BCUT2D eigenvalue weighted by Crippen LogP contribution is 2.16. The van der Waals surface area contributed by atoms with Gasteiger partial charge >= 0.3 is 0 Å². The zero-order valence-electron chi connectivity index (χ0n) is 15.0. The number of hydrogen-bond acceptors (Lipinski definition) is 3. The van der Waals surface area contributed by atoms with Gasteiger partial charge in [0.25, 0.3) is 0 Å². The lowest BCUT2D eigenvalue weighted by molar-refractivity contribution is -0.138. The molecule has 5 heteroatoms. The van der Waals surface area contributed by atoms with Crippen LogP contribution in [0.15, 0.2) is 48.5 Å². The predicted octanol–water partition coefficient (Wildman–Crippen LogP) is 3.24. The molecular weight excluding hydrogens is 333 g/mol. The van der Waals surface area contributed by atoms with Gasteiger partial charge in [-0.1, -0.05) is 24.3 Å². The van der Waals surface area contributed by atoms with Gasteiger partial charge in [-0.05, 0) is 41.8 Å². The molecule has 1 amide bonds. The van der Waals surface area contributed by atoms with E-state index in [-0.39, 0.29) is 17.8 Å². The Kier molecular flexibility index (Phi) is 6.23. The fraction of sp³-hybridized carbons (Fsp3) is 0.381. The number of morpholine rings is 1. The smallest absolute Gasteiger partial charge is 0.223 e. The molecular formula is C21H24FNO3. The number of carbonyl (C=O) groups is 1. The molecule has 0 aromatic heterocycles. The van der Waals surface area contributed by atoms with Gasteiger partial charge in [-0.3, -0.25) is 4.79 Å². The van der Waals surface area contributed by atoms with Gasteiger partial charge in [-0.2, -0.15) is 0 Å². The second-order valence-electron chi connectivity index (χ2n) is 6.52. The van der Waals surface area contributed by atoms with Crippen molar-refractivity contribution in [2.24, 2.45) is 0 Å². The summed E-state index contributed by atoms with van der Waals surface area (Å²) < 4.78 is 24.3. The van der Waals surface area contributed by atoms with Crippen LogP contribution in [0.25, 0.3) is 0 Å². The highest BCUT2D eigenvalue weighted by Gasteiger charge is 2.24. The van der Waals surface area contributed by atoms with Crippen molar-refractivity contribution in [3.8, 4) is 5.75 Å². The summed E-state index contributed by atoms with van der Waals surface area (Å²) in [5.41, 5.74) is 1.97. The van der Waals surface area contributed by atoms with Gasteiger partial charge in [0.1, 0.15) is 11.6 Å². The molecule has 0 radical (unpaired) electrons. The van der Waals surface area contributed by atoms with Gasteiger partial charge in [-0.15, -0.1) is 0 Å². The number of methoxy groups -OCH3 is 1. The average molecular weight is 357 g/mol. The third kappa shape index (κ3) is 5.05. The van der Waals surface area contributed by atoms with E-state index in [1.165, 1.54) is 12.1 Å². The summed E-state index contributed by atoms with van der Waals surface area (Å²) in [6.07, 6.45) is 1.66. The molecule has 1 fully saturated rings. The maximum Gasteiger partial charge on any atom is 0.223 e. The highest BCUT2D eigenvalue weighted by atomic mass is 19.1. The Morgan fingerprint density at radius 3 is 2.85 bits per heavy atom. The fourth-order valence-corrected chi connectivity index (χ4v) is 3.23. The van der Waals surface area contributed by atoms with E-state index < -0.39 is 0 Å². The maximum atomic E-state index is 13.3. The molecule has 4 nitrogen and oxygen atoms in total. The summed E-state index contributed by atoms with van der Waals surface area (Å²) in [5, 5.41) is 0. The Hall–Kier alpha value is -2.40. The molecule has 0 saturated carbocycles. The first kappa shape index (κ1) is 18.4. The highest BCUT2D eigenvalue weighted by molar-refractivity contribution is 5.76. The summed E-state index contributed by atoms with van der Waals surface area (Å²) in [6.45, 7) is 1.68. The van der Waals surface area contributed by atoms with E-state index in [0.717, 1.165) is 16.9 Å². The fourth-order valence-electron chi connectivity index (χ4n) is 3.23. The van der Waals surface area contributed by atoms with Crippen LogP contribution in [-0.4, -0.2) is 43.7 Å². The Bertz CT molecular complexity index is 750. The van der Waals surface area contributed by atoms with Gasteiger partial charge in [-0.25, -0.2) is 4.39 Å². The Balaban J connectivity index is 1.52. The number of hydrogen-bond donors (Lipinski definition) is 0. The monoisotopic (exact) mass is 357 g/mol. The van der Waals surface area contributed by atoms with Crippen LogP contribution in [0, 0.1) is 5.82 Å². The van der Waals surface area contributed by atoms with Crippen molar-refractivity contribution in [1.82, 2.24) is 4.90 Å². The first-order chi connectivity index (χ1) is 12.6. The lowest BCUT2D eigenvalue weighted by Crippen LogP contribution is -2.46. The summed E-state index contributed by atoms with van der Waals surface area (Å²) in [6, 6.07) is 14.3. The summed E-state index contributed by atoms with van der Waals surface area (Å²) in [4.78, 5) is 14.4. The number of rotatable bonds is 6. The number of amides is 1. The molecule has 2 aromatic carbocycles. The van der Waals surface area contributed by atoms with Gasteiger partial charge in [0.05, 0.1) is 19.8 Å². The zero-order chi connectivity index (χ0) is 18.4. The predicted molar refractivity (Wildman–Crippen MR) is 97.7 cm³/mol. The Morgan fingerprint density at radius 2 is 2.04 bits per heavy atom. The molecule has 0 aliphatic carbocycles. The zero-order valence-corrected chi connectivity index (χ0v) is 15.0. The number of ether oxygens (including phenoxy) is 2. The maximum absolute atomic E-state index is 13.3. The van der Waals surface area contributed by atoms with E-state index in [0.29, 0.717) is 39.0 Å². The van der Waals surface area contributed by atoms with Gasteiger partial charge in [0.15, 0.2) is 0 Å². The first-order valence-corrected chi connectivity index (χ1v) is 8.91. The van der Waals surface area contributed by atoms with Crippen molar-refractivity contribution in [1.29, 1.82) is 0 Å². The summed E-state index contributed by atoms with van der Waals surface area (Å²) in [7, 11) is 1.64. The van der Waals surface area contributed by atoms with Crippen molar-refractivity contribution in [3.05, 3.63) is 65.5 Å². The standard InChI is InChI=1S/C21H24FNO3/c1-25-19-7-3-4-16(13-19)8-9-21(24)23-10-11-26-20(15-23)14-17-5-2-6-18(22)12-17/h2-7,12-13,20H,8-11,14-15H2,1H3/t20-/m1/s1. The molecule has 0 bridgehead atoms. The van der Waals surface area contributed by atoms with Crippen LogP contribution in [-0.2, 0) is 22.4 Å². The van der Waals surface area contributed by atoms with Gasteiger partial charge in [0, 0.05) is 25.9 Å². The van der Waals surface area contributed by atoms with Crippen molar-refractivity contribution < 1.29 is 18.7 Å². The molecule has 138 valence electrons. The largest absolute Gasteiger partial charge is 0.497 e. The van der Waals surface area contributed by atoms with E-state index in [2.05, 4.69) is 0 Å². The molecule has 1 aliphatic heterocycles. The van der Waals surface area contributed by atoms with Crippen molar-refractivity contribution in [3.63, 3.8) is 0 Å². The van der Waals surface area contributed by atoms with Gasteiger partial charge in [0.2, 0.25) is 5.91 Å². The normalized spacial score (nSPS) is 17.2. The minimum atomic E-state index is -0.246. The van der Waals surface area contributed by atoms with Crippen molar-refractivity contribution in [2.75, 3.05) is 26.8 Å². The summed E-state index contributed by atoms with van der Waals surface area (Å²) >= 11 is 0. The number of nitrogens with zero attached hydrogens (tertiary/aromatic N) is 1. The van der Waals surface area contributed by atoms with Gasteiger partial charge < -0.3 is 14.4 Å². The first-order valence-electron chi connectivity index (χ1n) is 8.91. The minimum Gasteiger partial charge on any atom is -0.497 e. The number of benzene rings is 2. The van der Waals surface area contributed by atoms with Crippen LogP contribution in [0.4, 0.5) is 4.39 Å². The van der Waals surface area contributed by atoms with E-state index >= 15 is 0 Å². The summed E-state index contributed by atoms with van der Waals surface area (Å²) in [5.74, 6) is 0.682. The Labute approximate surface area is 153 Å². The quantitative estimate of drug-likeness (QED) is 0.797. The molecule has 1 saturated heterocycles. The van der Waals surface area contributed by atoms with Crippen LogP contribution < -0.4 is 4.74 Å².